The van der Waals surface area contributed by atoms with Crippen LogP contribution in [-0.2, 0) is 65.3 Å². The molecule has 1 aliphatic rings. The molecule has 1 aliphatic carbocycles. The van der Waals surface area contributed by atoms with Crippen molar-refractivity contribution in [2.75, 3.05) is 35.5 Å². The van der Waals surface area contributed by atoms with Gasteiger partial charge in [-0.25, -0.2) is 0 Å². The maximum atomic E-state index is 13.1. The highest BCUT2D eigenvalue weighted by molar-refractivity contribution is 6.01. The second-order valence-corrected chi connectivity index (χ2v) is 9.68. The van der Waals surface area contributed by atoms with E-state index in [1.807, 2.05) is 0 Å². The minimum atomic E-state index is -1.86. The van der Waals surface area contributed by atoms with Gasteiger partial charge in [-0.2, -0.15) is 0 Å². The number of benzene rings is 1. The van der Waals surface area contributed by atoms with Crippen molar-refractivity contribution in [1.82, 2.24) is 0 Å². The molecule has 0 aliphatic heterocycles. The molecule has 2 bridgehead atoms. The van der Waals surface area contributed by atoms with Gasteiger partial charge in [0.2, 0.25) is 0 Å². The van der Waals surface area contributed by atoms with Crippen LogP contribution in [0.5, 0.6) is 0 Å². The summed E-state index contributed by atoms with van der Waals surface area (Å²) in [6.07, 6.45) is 2.17. The summed E-state index contributed by atoms with van der Waals surface area (Å²) in [5, 5.41) is 0. The number of allylic oxidation sites excluding steroid dienone is 2. The molecule has 1 unspecified atom stereocenters. The maximum Gasteiger partial charge on any atom is 0.323 e. The number of fused-ring (bicyclic) bond motifs is 2. The van der Waals surface area contributed by atoms with E-state index in [1.54, 1.807) is 36.4 Å². The number of carbonyl (C=O) groups excluding carboxylic acids is 6. The molecule has 0 radical (unpaired) electrons. The topological polar surface area (TPSA) is 149 Å². The lowest BCUT2D eigenvalue weighted by molar-refractivity contribution is -0.171. The predicted octanol–water partition coefficient (Wildman–Crippen LogP) is 2.31. The molecule has 0 spiro atoms. The van der Waals surface area contributed by atoms with E-state index in [2.05, 4.69) is 0 Å². The first-order valence-corrected chi connectivity index (χ1v) is 12.7. The molecule has 1 aromatic rings. The Balaban J connectivity index is 2.74. The van der Waals surface area contributed by atoms with E-state index in [4.69, 9.17) is 23.7 Å². The summed E-state index contributed by atoms with van der Waals surface area (Å²) in [6.45, 7) is 0. The second kappa shape index (κ2) is 14.4. The molecule has 1 aromatic carbocycles. The molecule has 11 heteroatoms. The lowest BCUT2D eigenvalue weighted by Gasteiger charge is -2.29. The number of esters is 5. The fourth-order valence-electron chi connectivity index (χ4n) is 5.02. The van der Waals surface area contributed by atoms with Gasteiger partial charge < -0.3 is 23.7 Å². The van der Waals surface area contributed by atoms with Crippen LogP contribution in [0, 0.1) is 16.7 Å². The number of methoxy groups -OCH3 is 5. The van der Waals surface area contributed by atoms with Crippen LogP contribution in [0.2, 0.25) is 0 Å². The first-order chi connectivity index (χ1) is 19.0. The van der Waals surface area contributed by atoms with Crippen LogP contribution in [0.25, 0.3) is 0 Å². The Kier molecular flexibility index (Phi) is 11.6. The summed E-state index contributed by atoms with van der Waals surface area (Å²) in [6, 6.07) is 6.67. The molecule has 40 heavy (non-hydrogen) atoms. The summed E-state index contributed by atoms with van der Waals surface area (Å²) < 4.78 is 24.8. The van der Waals surface area contributed by atoms with Crippen LogP contribution in [0.15, 0.2) is 36.4 Å². The Morgan fingerprint density at radius 1 is 0.725 bits per heavy atom. The van der Waals surface area contributed by atoms with Crippen molar-refractivity contribution in [2.45, 2.75) is 44.9 Å². The summed E-state index contributed by atoms with van der Waals surface area (Å²) in [7, 11) is 5.77. The van der Waals surface area contributed by atoms with Crippen LogP contribution in [0.3, 0.4) is 0 Å². The molecule has 0 heterocycles. The average molecular weight is 561 g/mol. The molecule has 0 N–H and O–H groups in total. The average Bonchev–Trinajstić information content (AvgIpc) is 2.97. The van der Waals surface area contributed by atoms with Gasteiger partial charge in [0.15, 0.2) is 10.8 Å². The number of Topliss-reactive ketones (excluding diaryl/α,β-unsaturated/α-hetero) is 1. The van der Waals surface area contributed by atoms with Crippen LogP contribution in [0.4, 0.5) is 0 Å². The largest absolute Gasteiger partial charge is 0.469 e. The summed E-state index contributed by atoms with van der Waals surface area (Å²) in [5.74, 6) is -5.30. The SMILES string of the molecule is COC(=O)C1C/C=C/CC(C(=O)OC)(C(=O)OC)Cc2cccc(c2)CC(C(=O)OC)(C(=O)OC)CCC(=O)C1. The Labute approximate surface area is 233 Å². The zero-order valence-corrected chi connectivity index (χ0v) is 23.5. The van der Waals surface area contributed by atoms with Gasteiger partial charge in [-0.3, -0.25) is 28.8 Å². The Hall–Kier alpha value is -4.02. The molecular formula is C29H36O11. The number of rotatable bonds is 5. The fraction of sp³-hybridized carbons (Fsp3) is 0.517. The second-order valence-electron chi connectivity index (χ2n) is 9.68. The van der Waals surface area contributed by atoms with Crippen molar-refractivity contribution in [3.05, 3.63) is 47.5 Å². The molecule has 0 fully saturated rings. The highest BCUT2D eigenvalue weighted by Gasteiger charge is 2.50. The molecule has 0 aromatic heterocycles. The van der Waals surface area contributed by atoms with Gasteiger partial charge in [0.1, 0.15) is 5.78 Å². The van der Waals surface area contributed by atoms with Gasteiger partial charge in [0, 0.05) is 12.8 Å². The molecule has 218 valence electrons. The Morgan fingerprint density at radius 2 is 1.23 bits per heavy atom. The Morgan fingerprint density at radius 3 is 1.73 bits per heavy atom. The molecule has 0 saturated carbocycles. The Bertz CT molecular complexity index is 1120. The molecule has 0 amide bonds. The van der Waals surface area contributed by atoms with Crippen LogP contribution < -0.4 is 0 Å². The molecular weight excluding hydrogens is 524 g/mol. The smallest absolute Gasteiger partial charge is 0.323 e. The van der Waals surface area contributed by atoms with Crippen molar-refractivity contribution in [3.8, 4) is 0 Å². The van der Waals surface area contributed by atoms with E-state index < -0.39 is 46.6 Å². The quantitative estimate of drug-likeness (QED) is 0.226. The van der Waals surface area contributed by atoms with Gasteiger partial charge in [-0.15, -0.1) is 0 Å². The summed E-state index contributed by atoms with van der Waals surface area (Å²) in [5.41, 5.74) is -2.61. The van der Waals surface area contributed by atoms with Gasteiger partial charge in [0.25, 0.3) is 0 Å². The van der Waals surface area contributed by atoms with Crippen molar-refractivity contribution in [1.29, 1.82) is 0 Å². The summed E-state index contributed by atoms with van der Waals surface area (Å²) in [4.78, 5) is 77.7. The van der Waals surface area contributed by atoms with Gasteiger partial charge >= 0.3 is 29.8 Å². The van der Waals surface area contributed by atoms with E-state index >= 15 is 0 Å². The highest BCUT2D eigenvalue weighted by Crippen LogP contribution is 2.36. The number of hydrogen-bond acceptors (Lipinski definition) is 11. The van der Waals surface area contributed by atoms with E-state index in [9.17, 15) is 28.8 Å². The van der Waals surface area contributed by atoms with Crippen LogP contribution in [0.1, 0.15) is 43.2 Å². The van der Waals surface area contributed by atoms with Gasteiger partial charge in [0.05, 0.1) is 41.5 Å². The van der Waals surface area contributed by atoms with Crippen molar-refractivity contribution in [3.63, 3.8) is 0 Å². The fourth-order valence-corrected chi connectivity index (χ4v) is 5.02. The molecule has 11 nitrogen and oxygen atoms in total. The first kappa shape index (κ1) is 32.2. The van der Waals surface area contributed by atoms with E-state index in [0.717, 1.165) is 28.4 Å². The molecule has 1 atom stereocenters. The van der Waals surface area contributed by atoms with Crippen molar-refractivity contribution < 1.29 is 52.5 Å². The zero-order chi connectivity index (χ0) is 29.9. The number of ketones is 1. The minimum absolute atomic E-state index is 0.0749. The zero-order valence-electron chi connectivity index (χ0n) is 23.5. The third-order valence-electron chi connectivity index (χ3n) is 7.20. The molecule has 2 rings (SSSR count). The normalized spacial score (nSPS) is 19.8. The van der Waals surface area contributed by atoms with Crippen molar-refractivity contribution in [2.24, 2.45) is 16.7 Å². The number of ether oxygens (including phenoxy) is 5. The molecule has 0 saturated heterocycles. The lowest BCUT2D eigenvalue weighted by atomic mass is 9.75. The number of hydrogen-bond donors (Lipinski definition) is 0. The van der Waals surface area contributed by atoms with E-state index in [0.29, 0.717) is 11.1 Å². The van der Waals surface area contributed by atoms with E-state index in [1.165, 1.54) is 7.11 Å². The van der Waals surface area contributed by atoms with Gasteiger partial charge in [-0.05, 0) is 43.2 Å². The monoisotopic (exact) mass is 560 g/mol. The number of carbonyl (C=O) groups is 6. The third-order valence-corrected chi connectivity index (χ3v) is 7.20. The van der Waals surface area contributed by atoms with Crippen LogP contribution in [-0.4, -0.2) is 71.2 Å². The van der Waals surface area contributed by atoms with Crippen molar-refractivity contribution >= 4 is 35.6 Å². The highest BCUT2D eigenvalue weighted by atomic mass is 16.6. The predicted molar refractivity (Wildman–Crippen MR) is 140 cm³/mol. The van der Waals surface area contributed by atoms with Crippen LogP contribution >= 0.6 is 0 Å². The summed E-state index contributed by atoms with van der Waals surface area (Å²) >= 11 is 0. The maximum absolute atomic E-state index is 13.1. The minimum Gasteiger partial charge on any atom is -0.469 e. The van der Waals surface area contributed by atoms with E-state index in [-0.39, 0.29) is 50.7 Å². The third kappa shape index (κ3) is 7.13. The standard InChI is InChI=1S/C29H36O11/c1-36-23(31)21-11-6-7-13-28(24(32)37-2,25(33)38-3)17-19-9-8-10-20(15-19)18-29(26(34)39-4,27(35)40-5)14-12-22(30)16-21/h6-10,15,21H,11-14,16-18H2,1-5H3/b7-6+. The van der Waals surface area contributed by atoms with Gasteiger partial charge in [-0.1, -0.05) is 36.4 Å². The first-order valence-electron chi connectivity index (χ1n) is 12.7. The lowest BCUT2D eigenvalue weighted by Crippen LogP contribution is -2.44.